The number of fused-ring (bicyclic) bond motifs is 1. The van der Waals surface area contributed by atoms with Gasteiger partial charge < -0.3 is 0 Å². The summed E-state index contributed by atoms with van der Waals surface area (Å²) < 4.78 is 18.9. The summed E-state index contributed by atoms with van der Waals surface area (Å²) in [7, 11) is -3.42. The number of benzene rings is 7. The van der Waals surface area contributed by atoms with E-state index in [1.165, 1.54) is 16.5 Å². The van der Waals surface area contributed by atoms with E-state index in [0.29, 0.717) is 0 Å². The van der Waals surface area contributed by atoms with Crippen molar-refractivity contribution in [2.45, 2.75) is 53.6 Å². The molecular formula is C48H46NOP. The third-order valence-corrected chi connectivity index (χ3v) is 13.7. The minimum absolute atomic E-state index is 0.0373. The first-order valence-corrected chi connectivity index (χ1v) is 19.7. The summed E-state index contributed by atoms with van der Waals surface area (Å²) in [6.07, 6.45) is 0. The van der Waals surface area contributed by atoms with Gasteiger partial charge in [0.2, 0.25) is 7.29 Å². The van der Waals surface area contributed by atoms with Gasteiger partial charge in [0.25, 0.3) is 0 Å². The second kappa shape index (κ2) is 14.3. The smallest absolute Gasteiger partial charge is 0.208 e. The van der Waals surface area contributed by atoms with E-state index in [-0.39, 0.29) is 12.1 Å². The zero-order valence-corrected chi connectivity index (χ0v) is 31.4. The molecule has 1 unspecified atom stereocenters. The number of nitrogens with zero attached hydrogens (tertiary/aromatic N) is 1. The summed E-state index contributed by atoms with van der Waals surface area (Å²) in [6, 6.07) is 56.0. The molecule has 1 atom stereocenters. The third-order valence-electron chi connectivity index (χ3n) is 9.98. The molecule has 0 saturated carbocycles. The first kappa shape index (κ1) is 34.4. The van der Waals surface area contributed by atoms with Gasteiger partial charge in [0.05, 0.1) is 0 Å². The fraction of sp³-hybridized carbons (Fsp3) is 0.167. The highest BCUT2D eigenvalue weighted by Crippen LogP contribution is 2.56. The molecule has 51 heavy (non-hydrogen) atoms. The highest BCUT2D eigenvalue weighted by molar-refractivity contribution is 7.77. The Kier molecular flexibility index (Phi) is 9.67. The Bertz CT molecular complexity index is 2350. The monoisotopic (exact) mass is 683 g/mol. The summed E-state index contributed by atoms with van der Waals surface area (Å²) in [4.78, 5) is 0. The van der Waals surface area contributed by atoms with Gasteiger partial charge in [0.15, 0.2) is 0 Å². The molecule has 3 heteroatoms. The van der Waals surface area contributed by atoms with Crippen molar-refractivity contribution in [2.24, 2.45) is 0 Å². The maximum atomic E-state index is 16.7. The molecule has 7 rings (SSSR count). The fourth-order valence-corrected chi connectivity index (χ4v) is 11.7. The van der Waals surface area contributed by atoms with E-state index in [0.717, 1.165) is 60.5 Å². The molecular weight excluding hydrogens is 638 g/mol. The van der Waals surface area contributed by atoms with E-state index in [1.807, 2.05) is 12.1 Å². The molecule has 0 aliphatic rings. The molecule has 0 amide bonds. The molecule has 0 bridgehead atoms. The Hall–Kier alpha value is -5.01. The second-order valence-corrected chi connectivity index (χ2v) is 16.7. The largest absolute Gasteiger partial charge is 0.296 e. The molecule has 7 aromatic rings. The first-order valence-electron chi connectivity index (χ1n) is 18.0. The number of aryl methyl sites for hydroxylation is 2. The van der Waals surface area contributed by atoms with Crippen LogP contribution >= 0.6 is 7.29 Å². The van der Waals surface area contributed by atoms with Crippen LogP contribution in [-0.4, -0.2) is 16.8 Å². The molecule has 0 aromatic heterocycles. The van der Waals surface area contributed by atoms with E-state index in [2.05, 4.69) is 192 Å². The van der Waals surface area contributed by atoms with Gasteiger partial charge in [-0.05, 0) is 115 Å². The predicted octanol–water partition coefficient (Wildman–Crippen LogP) is 12.5. The summed E-state index contributed by atoms with van der Waals surface area (Å²) in [5, 5.41) is 4.07. The van der Waals surface area contributed by atoms with Crippen LogP contribution in [0, 0.1) is 13.8 Å². The van der Waals surface area contributed by atoms with Crippen molar-refractivity contribution in [3.63, 3.8) is 0 Å². The Morgan fingerprint density at radius 3 is 1.39 bits per heavy atom. The highest BCUT2D eigenvalue weighted by atomic mass is 31.2. The van der Waals surface area contributed by atoms with Gasteiger partial charge in [-0.1, -0.05) is 151 Å². The van der Waals surface area contributed by atoms with E-state index in [4.69, 9.17) is 0 Å². The van der Waals surface area contributed by atoms with E-state index in [1.54, 1.807) is 0 Å². The van der Waals surface area contributed by atoms with Crippen LogP contribution in [0.4, 0.5) is 0 Å². The average molecular weight is 684 g/mol. The molecule has 2 nitrogen and oxygen atoms in total. The maximum absolute atomic E-state index is 16.7. The molecule has 0 heterocycles. The van der Waals surface area contributed by atoms with Crippen molar-refractivity contribution < 1.29 is 4.57 Å². The van der Waals surface area contributed by atoms with Crippen LogP contribution in [0.1, 0.15) is 38.8 Å². The van der Waals surface area contributed by atoms with Gasteiger partial charge >= 0.3 is 0 Å². The molecule has 7 aromatic carbocycles. The molecule has 0 fully saturated rings. The topological polar surface area (TPSA) is 20.3 Å². The molecule has 0 aliphatic carbocycles. The van der Waals surface area contributed by atoms with Crippen molar-refractivity contribution in [2.75, 3.05) is 0 Å². The van der Waals surface area contributed by atoms with Crippen LogP contribution in [0.15, 0.2) is 158 Å². The van der Waals surface area contributed by atoms with Gasteiger partial charge in [0, 0.05) is 22.7 Å². The zero-order valence-electron chi connectivity index (χ0n) is 30.5. The van der Waals surface area contributed by atoms with Crippen molar-refractivity contribution in [1.82, 2.24) is 4.67 Å². The van der Waals surface area contributed by atoms with Crippen LogP contribution < -0.4 is 10.6 Å². The maximum Gasteiger partial charge on any atom is 0.208 e. The minimum Gasteiger partial charge on any atom is -0.296 e. The normalized spacial score (nSPS) is 12.9. The van der Waals surface area contributed by atoms with Crippen LogP contribution in [0.2, 0.25) is 0 Å². The van der Waals surface area contributed by atoms with Gasteiger partial charge in [-0.3, -0.25) is 4.57 Å². The quantitative estimate of drug-likeness (QED) is 0.141. The number of rotatable bonds is 9. The van der Waals surface area contributed by atoms with Crippen LogP contribution in [0.5, 0.6) is 0 Å². The van der Waals surface area contributed by atoms with Crippen molar-refractivity contribution in [3.05, 3.63) is 169 Å². The third kappa shape index (κ3) is 6.18. The molecule has 0 N–H and O–H groups in total. The summed E-state index contributed by atoms with van der Waals surface area (Å²) in [5.41, 5.74) is 11.2. The fourth-order valence-electron chi connectivity index (χ4n) is 8.05. The predicted molar refractivity (Wildman–Crippen MR) is 221 cm³/mol. The number of hydrogen-bond donors (Lipinski definition) is 0. The van der Waals surface area contributed by atoms with E-state index >= 15 is 4.57 Å². The standard InChI is InChI=1S/C48H46NOP/c1-33(2)49(34(3)4)51(50,43-29-19-16-20-36(43)6)44-31-30-35(5)32-42(44)48-41-28-18-17-27-40(41)45(37-21-10-7-11-22-37)46(38-23-12-8-13-24-38)47(48)39-25-14-9-15-26-39/h7-34H,1-6H3. The summed E-state index contributed by atoms with van der Waals surface area (Å²) in [5.74, 6) is 0. The van der Waals surface area contributed by atoms with Crippen molar-refractivity contribution in [3.8, 4) is 44.5 Å². The lowest BCUT2D eigenvalue weighted by molar-refractivity contribution is 0.307. The van der Waals surface area contributed by atoms with Crippen molar-refractivity contribution >= 4 is 28.7 Å². The van der Waals surface area contributed by atoms with Crippen LogP contribution in [0.25, 0.3) is 55.3 Å². The van der Waals surface area contributed by atoms with Gasteiger partial charge in [0.1, 0.15) is 0 Å². The van der Waals surface area contributed by atoms with Crippen LogP contribution in [0.3, 0.4) is 0 Å². The first-order chi connectivity index (χ1) is 24.7. The molecule has 0 radical (unpaired) electrons. The Morgan fingerprint density at radius 2 is 0.882 bits per heavy atom. The zero-order chi connectivity index (χ0) is 35.7. The van der Waals surface area contributed by atoms with Crippen LogP contribution in [-0.2, 0) is 4.57 Å². The van der Waals surface area contributed by atoms with Gasteiger partial charge in [-0.15, -0.1) is 0 Å². The van der Waals surface area contributed by atoms with Gasteiger partial charge in [-0.25, -0.2) is 4.67 Å². The second-order valence-electron chi connectivity index (χ2n) is 14.1. The lowest BCUT2D eigenvalue weighted by Gasteiger charge is -2.40. The van der Waals surface area contributed by atoms with Gasteiger partial charge in [-0.2, -0.15) is 0 Å². The highest BCUT2D eigenvalue weighted by Gasteiger charge is 2.41. The Labute approximate surface area is 303 Å². The SMILES string of the molecule is Cc1ccc(P(=O)(c2ccccc2C)N(C(C)C)C(C)C)c(-c2c(-c3ccccc3)c(-c3ccccc3)c(-c3ccccc3)c3ccccc23)c1. The molecule has 254 valence electrons. The average Bonchev–Trinajstić information content (AvgIpc) is 3.14. The van der Waals surface area contributed by atoms with E-state index in [9.17, 15) is 0 Å². The summed E-state index contributed by atoms with van der Waals surface area (Å²) in [6.45, 7) is 12.9. The lowest BCUT2D eigenvalue weighted by atomic mass is 9.79. The molecule has 0 spiro atoms. The number of hydrogen-bond acceptors (Lipinski definition) is 1. The Balaban J connectivity index is 1.74. The van der Waals surface area contributed by atoms with Crippen molar-refractivity contribution in [1.29, 1.82) is 0 Å². The minimum atomic E-state index is -3.42. The Morgan fingerprint density at radius 1 is 0.451 bits per heavy atom. The molecule has 0 saturated heterocycles. The lowest BCUT2D eigenvalue weighted by Crippen LogP contribution is -2.42. The van der Waals surface area contributed by atoms with E-state index < -0.39 is 7.29 Å². The summed E-state index contributed by atoms with van der Waals surface area (Å²) >= 11 is 0. The molecule has 0 aliphatic heterocycles.